The Bertz CT molecular complexity index is 977. The third-order valence-corrected chi connectivity index (χ3v) is 5.26. The highest BCUT2D eigenvalue weighted by Gasteiger charge is 2.26. The fraction of sp³-hybridized carbons (Fsp3) is 0.200. The van der Waals surface area contributed by atoms with Gasteiger partial charge in [-0.3, -0.25) is 9.78 Å². The van der Waals surface area contributed by atoms with E-state index in [2.05, 4.69) is 4.98 Å². The summed E-state index contributed by atoms with van der Waals surface area (Å²) >= 11 is 12.1. The summed E-state index contributed by atoms with van der Waals surface area (Å²) in [4.78, 5) is 19.1. The van der Waals surface area contributed by atoms with Gasteiger partial charge in [-0.15, -0.1) is 0 Å². The van der Waals surface area contributed by atoms with Crippen molar-refractivity contribution in [1.29, 1.82) is 0 Å². The molecule has 26 heavy (non-hydrogen) atoms. The highest BCUT2D eigenvalue weighted by Crippen LogP contribution is 2.29. The minimum Gasteiger partial charge on any atom is -0.370 e. The van der Waals surface area contributed by atoms with Crippen LogP contribution < -0.4 is 0 Å². The number of ether oxygens (including phenoxy) is 1. The summed E-state index contributed by atoms with van der Waals surface area (Å²) in [5.41, 5.74) is 2.36. The van der Waals surface area contributed by atoms with Crippen molar-refractivity contribution in [3.63, 3.8) is 0 Å². The van der Waals surface area contributed by atoms with Gasteiger partial charge in [-0.25, -0.2) is 0 Å². The van der Waals surface area contributed by atoms with Crippen LogP contribution >= 0.6 is 23.2 Å². The third-order valence-electron chi connectivity index (χ3n) is 4.52. The topological polar surface area (TPSA) is 42.4 Å². The molecule has 2 aromatic carbocycles. The molecule has 1 aromatic heterocycles. The van der Waals surface area contributed by atoms with Crippen LogP contribution in [-0.4, -0.2) is 35.5 Å². The van der Waals surface area contributed by atoms with Crippen LogP contribution in [-0.2, 0) is 4.74 Å². The van der Waals surface area contributed by atoms with Gasteiger partial charge in [-0.2, -0.15) is 0 Å². The first-order valence-electron chi connectivity index (χ1n) is 8.32. The van der Waals surface area contributed by atoms with Crippen LogP contribution in [0, 0.1) is 0 Å². The molecule has 0 aliphatic carbocycles. The molecule has 1 atom stereocenters. The van der Waals surface area contributed by atoms with Crippen LogP contribution in [0.5, 0.6) is 0 Å². The molecule has 2 heterocycles. The molecule has 3 aromatic rings. The Hall–Kier alpha value is -2.14. The first-order valence-corrected chi connectivity index (χ1v) is 9.08. The largest absolute Gasteiger partial charge is 0.370 e. The summed E-state index contributed by atoms with van der Waals surface area (Å²) in [7, 11) is 0. The number of benzene rings is 2. The van der Waals surface area contributed by atoms with Gasteiger partial charge < -0.3 is 9.64 Å². The minimum atomic E-state index is -0.221. The average Bonchev–Trinajstić information content (AvgIpc) is 2.69. The molecule has 4 rings (SSSR count). The molecule has 0 radical (unpaired) electrons. The number of morpholine rings is 1. The van der Waals surface area contributed by atoms with Crippen molar-refractivity contribution in [2.45, 2.75) is 6.10 Å². The molecular formula is C20H16Cl2N2O2. The zero-order valence-electron chi connectivity index (χ0n) is 13.9. The summed E-state index contributed by atoms with van der Waals surface area (Å²) in [5, 5.41) is 2.00. The number of carbonyl (C=O) groups excluding carboxylic acids is 1. The zero-order valence-corrected chi connectivity index (χ0v) is 15.4. The second-order valence-electron chi connectivity index (χ2n) is 6.20. The van der Waals surface area contributed by atoms with E-state index in [1.54, 1.807) is 23.2 Å². The van der Waals surface area contributed by atoms with E-state index in [1.807, 2.05) is 36.4 Å². The van der Waals surface area contributed by atoms with Crippen molar-refractivity contribution in [2.24, 2.45) is 0 Å². The maximum absolute atomic E-state index is 12.9. The first kappa shape index (κ1) is 17.3. The third kappa shape index (κ3) is 3.40. The van der Waals surface area contributed by atoms with Gasteiger partial charge in [0.2, 0.25) is 0 Å². The smallest absolute Gasteiger partial charge is 0.254 e. The number of nitrogens with zero attached hydrogens (tertiary/aromatic N) is 2. The molecule has 1 saturated heterocycles. The van der Waals surface area contributed by atoms with Gasteiger partial charge in [-0.05, 0) is 35.9 Å². The van der Waals surface area contributed by atoms with E-state index in [9.17, 15) is 4.79 Å². The molecule has 0 unspecified atom stereocenters. The number of pyridine rings is 1. The predicted octanol–water partition coefficient (Wildman–Crippen LogP) is 4.76. The van der Waals surface area contributed by atoms with E-state index in [1.165, 1.54) is 0 Å². The van der Waals surface area contributed by atoms with Crippen LogP contribution in [0.1, 0.15) is 22.0 Å². The monoisotopic (exact) mass is 386 g/mol. The van der Waals surface area contributed by atoms with Crippen LogP contribution in [0.25, 0.3) is 10.9 Å². The number of aromatic nitrogens is 1. The quantitative estimate of drug-likeness (QED) is 0.637. The highest BCUT2D eigenvalue weighted by atomic mass is 35.5. The molecule has 0 saturated carbocycles. The first-order chi connectivity index (χ1) is 12.6. The number of fused-ring (bicyclic) bond motifs is 1. The number of halogens is 2. The summed E-state index contributed by atoms with van der Waals surface area (Å²) in [5.74, 6) is -0.0223. The molecule has 0 bridgehead atoms. The summed E-state index contributed by atoms with van der Waals surface area (Å²) < 4.78 is 5.84. The fourth-order valence-electron chi connectivity index (χ4n) is 3.13. The Kier molecular flexibility index (Phi) is 4.81. The van der Waals surface area contributed by atoms with Crippen molar-refractivity contribution >= 4 is 40.0 Å². The average molecular weight is 387 g/mol. The van der Waals surface area contributed by atoms with Crippen LogP contribution in [0.3, 0.4) is 0 Å². The van der Waals surface area contributed by atoms with Crippen molar-refractivity contribution in [2.75, 3.05) is 19.7 Å². The predicted molar refractivity (Wildman–Crippen MR) is 103 cm³/mol. The lowest BCUT2D eigenvalue weighted by molar-refractivity contribution is -0.0228. The maximum Gasteiger partial charge on any atom is 0.254 e. The number of amides is 1. The Labute approximate surface area is 161 Å². The van der Waals surface area contributed by atoms with Gasteiger partial charge in [0.05, 0.1) is 28.7 Å². The minimum absolute atomic E-state index is 0.0223. The van der Waals surface area contributed by atoms with Crippen molar-refractivity contribution < 1.29 is 9.53 Å². The van der Waals surface area contributed by atoms with Gasteiger partial charge >= 0.3 is 0 Å². The summed E-state index contributed by atoms with van der Waals surface area (Å²) in [6.07, 6.45) is 1.51. The molecule has 1 amide bonds. The van der Waals surface area contributed by atoms with Crippen molar-refractivity contribution in [3.05, 3.63) is 75.9 Å². The Morgan fingerprint density at radius 3 is 2.85 bits per heavy atom. The summed E-state index contributed by atoms with van der Waals surface area (Å²) in [6.45, 7) is 1.50. The lowest BCUT2D eigenvalue weighted by Crippen LogP contribution is -2.42. The fourth-order valence-corrected chi connectivity index (χ4v) is 3.44. The second-order valence-corrected chi connectivity index (χ2v) is 7.01. The van der Waals surface area contributed by atoms with Gasteiger partial charge in [-0.1, -0.05) is 41.4 Å². The van der Waals surface area contributed by atoms with E-state index in [-0.39, 0.29) is 12.0 Å². The van der Waals surface area contributed by atoms with Crippen LogP contribution in [0.2, 0.25) is 10.0 Å². The van der Waals surface area contributed by atoms with Crippen LogP contribution in [0.15, 0.2) is 54.7 Å². The second kappa shape index (κ2) is 7.23. The van der Waals surface area contributed by atoms with E-state index < -0.39 is 0 Å². The van der Waals surface area contributed by atoms with E-state index >= 15 is 0 Å². The zero-order chi connectivity index (χ0) is 18.1. The Morgan fingerprint density at radius 2 is 2.00 bits per heavy atom. The Morgan fingerprint density at radius 1 is 1.12 bits per heavy atom. The normalized spacial score (nSPS) is 17.5. The highest BCUT2D eigenvalue weighted by molar-refractivity contribution is 6.42. The van der Waals surface area contributed by atoms with Gasteiger partial charge in [0.1, 0.15) is 6.10 Å². The lowest BCUT2D eigenvalue weighted by atomic mass is 10.1. The molecule has 0 spiro atoms. The lowest BCUT2D eigenvalue weighted by Gasteiger charge is -2.33. The van der Waals surface area contributed by atoms with Gasteiger partial charge in [0, 0.05) is 23.7 Å². The molecule has 4 nitrogen and oxygen atoms in total. The number of rotatable bonds is 2. The van der Waals surface area contributed by atoms with Crippen molar-refractivity contribution in [3.8, 4) is 0 Å². The van der Waals surface area contributed by atoms with Crippen LogP contribution in [0.4, 0.5) is 0 Å². The Balaban J connectivity index is 1.56. The standard InChI is InChI=1S/C20H16Cl2N2O2/c21-16-6-5-14(10-17(16)22)19-12-24(8-9-26-19)20(25)15-4-3-13-2-1-7-23-18(13)11-15/h1-7,10-11,19H,8-9,12H2/t19-/m1/s1. The molecule has 1 fully saturated rings. The molecule has 132 valence electrons. The molecule has 6 heteroatoms. The van der Waals surface area contributed by atoms with Gasteiger partial charge in [0.15, 0.2) is 0 Å². The van der Waals surface area contributed by atoms with Crippen molar-refractivity contribution in [1.82, 2.24) is 9.88 Å². The maximum atomic E-state index is 12.9. The number of hydrogen-bond acceptors (Lipinski definition) is 3. The van der Waals surface area contributed by atoms with Gasteiger partial charge in [0.25, 0.3) is 5.91 Å². The molecule has 1 aliphatic heterocycles. The van der Waals surface area contributed by atoms with E-state index in [4.69, 9.17) is 27.9 Å². The van der Waals surface area contributed by atoms with E-state index in [0.717, 1.165) is 16.5 Å². The SMILES string of the molecule is O=C(c1ccc2cccnc2c1)N1CCO[C@@H](c2ccc(Cl)c(Cl)c2)C1. The molecule has 0 N–H and O–H groups in total. The molecule has 1 aliphatic rings. The van der Waals surface area contributed by atoms with E-state index in [0.29, 0.717) is 35.3 Å². The molecular weight excluding hydrogens is 371 g/mol. The number of carbonyl (C=O) groups is 1. The number of hydrogen-bond donors (Lipinski definition) is 0. The summed E-state index contributed by atoms with van der Waals surface area (Å²) in [6, 6.07) is 14.9.